The van der Waals surface area contributed by atoms with Crippen LogP contribution in [0.5, 0.6) is 17.4 Å². The number of halogens is 4. The highest BCUT2D eigenvalue weighted by Crippen LogP contribution is 2.36. The third kappa shape index (κ3) is 6.09. The fourth-order valence-corrected chi connectivity index (χ4v) is 5.96. The first kappa shape index (κ1) is 27.0. The summed E-state index contributed by atoms with van der Waals surface area (Å²) in [6.07, 6.45) is -2.75. The lowest BCUT2D eigenvalue weighted by Gasteiger charge is -2.34. The monoisotopic (exact) mass is 560 g/mol. The molecule has 1 N–H and O–H groups in total. The Morgan fingerprint density at radius 2 is 1.92 bits per heavy atom. The van der Waals surface area contributed by atoms with E-state index in [2.05, 4.69) is 15.3 Å². The standard InChI is InChI=1S/C23H24ClF3N4O5S/c1-13-16(36-21-17(10-14(24)11-28-21)35-12-23(25,26)27)5-4-15-18(13)31(3)19(29-15)20(32)30-22(2)6-8-37(33,34)9-7-22/h4-5,10-11H,6-9,12H2,1-3H3,(H,30,32). The zero-order chi connectivity index (χ0) is 27.2. The van der Waals surface area contributed by atoms with Gasteiger partial charge in [-0.25, -0.2) is 18.4 Å². The van der Waals surface area contributed by atoms with Crippen LogP contribution in [-0.4, -0.2) is 58.7 Å². The van der Waals surface area contributed by atoms with E-state index in [1.165, 1.54) is 12.3 Å². The number of sulfone groups is 1. The SMILES string of the molecule is Cc1c(Oc2ncc(Cl)cc2OCC(F)(F)F)ccc2nc(C(=O)NC3(C)CCS(=O)(=O)CC3)n(C)c12. The number of aryl methyl sites for hydroxylation is 2. The number of alkyl halides is 3. The normalized spacial score (nSPS) is 16.9. The van der Waals surface area contributed by atoms with Gasteiger partial charge in [0.15, 0.2) is 18.2 Å². The van der Waals surface area contributed by atoms with Crippen LogP contribution in [0, 0.1) is 6.92 Å². The van der Waals surface area contributed by atoms with Crippen LogP contribution < -0.4 is 14.8 Å². The lowest BCUT2D eigenvalue weighted by molar-refractivity contribution is -0.153. The predicted molar refractivity (Wildman–Crippen MR) is 130 cm³/mol. The van der Waals surface area contributed by atoms with Crippen molar-refractivity contribution in [3.05, 3.63) is 40.8 Å². The van der Waals surface area contributed by atoms with Gasteiger partial charge in [-0.2, -0.15) is 13.2 Å². The van der Waals surface area contributed by atoms with E-state index in [0.29, 0.717) is 29.4 Å². The molecular weight excluding hydrogens is 537 g/mol. The molecule has 1 fully saturated rings. The molecular formula is C23H24ClF3N4O5S. The van der Waals surface area contributed by atoms with E-state index in [0.717, 1.165) is 0 Å². The number of fused-ring (bicyclic) bond motifs is 1. The number of carbonyl (C=O) groups is 1. The minimum atomic E-state index is -4.57. The summed E-state index contributed by atoms with van der Waals surface area (Å²) in [5, 5.41) is 2.99. The number of rotatable bonds is 6. The van der Waals surface area contributed by atoms with E-state index in [-0.39, 0.29) is 39.7 Å². The van der Waals surface area contributed by atoms with Crippen molar-refractivity contribution in [1.82, 2.24) is 19.9 Å². The molecule has 3 heterocycles. The van der Waals surface area contributed by atoms with Gasteiger partial charge in [0.2, 0.25) is 0 Å². The molecule has 0 unspecified atom stereocenters. The number of hydrogen-bond acceptors (Lipinski definition) is 7. The average molecular weight is 561 g/mol. The number of imidazole rings is 1. The number of nitrogens with one attached hydrogen (secondary N) is 1. The Morgan fingerprint density at radius 1 is 1.24 bits per heavy atom. The molecule has 1 aliphatic rings. The van der Waals surface area contributed by atoms with E-state index in [4.69, 9.17) is 21.1 Å². The van der Waals surface area contributed by atoms with Crippen LogP contribution in [0.25, 0.3) is 11.0 Å². The number of ether oxygens (including phenoxy) is 2. The third-order valence-corrected chi connectivity index (χ3v) is 8.03. The summed E-state index contributed by atoms with van der Waals surface area (Å²) in [7, 11) is -1.45. The minimum absolute atomic E-state index is 0.000462. The number of benzene rings is 1. The van der Waals surface area contributed by atoms with E-state index in [9.17, 15) is 26.4 Å². The zero-order valence-electron chi connectivity index (χ0n) is 20.1. The summed E-state index contributed by atoms with van der Waals surface area (Å²) in [5.41, 5.74) is 0.925. The topological polar surface area (TPSA) is 112 Å². The van der Waals surface area contributed by atoms with Crippen molar-refractivity contribution in [3.8, 4) is 17.4 Å². The predicted octanol–water partition coefficient (Wildman–Crippen LogP) is 4.36. The van der Waals surface area contributed by atoms with Crippen LogP contribution in [-0.2, 0) is 16.9 Å². The summed E-state index contributed by atoms with van der Waals surface area (Å²) in [6.45, 7) is 1.96. The number of aromatic nitrogens is 3. The van der Waals surface area contributed by atoms with E-state index in [1.807, 2.05) is 0 Å². The van der Waals surface area contributed by atoms with Crippen molar-refractivity contribution >= 4 is 38.4 Å². The summed E-state index contributed by atoms with van der Waals surface area (Å²) in [5.74, 6) is -0.570. The summed E-state index contributed by atoms with van der Waals surface area (Å²) < 4.78 is 73.8. The number of pyridine rings is 1. The van der Waals surface area contributed by atoms with Gasteiger partial charge in [-0.3, -0.25) is 4.79 Å². The molecule has 0 bridgehead atoms. The zero-order valence-corrected chi connectivity index (χ0v) is 21.7. The highest BCUT2D eigenvalue weighted by molar-refractivity contribution is 7.91. The van der Waals surface area contributed by atoms with Crippen LogP contribution in [0.1, 0.15) is 35.9 Å². The maximum absolute atomic E-state index is 13.1. The first-order valence-electron chi connectivity index (χ1n) is 11.2. The largest absolute Gasteiger partial charge is 0.478 e. The van der Waals surface area contributed by atoms with E-state index < -0.39 is 34.1 Å². The van der Waals surface area contributed by atoms with Crippen LogP contribution in [0.15, 0.2) is 24.4 Å². The first-order valence-corrected chi connectivity index (χ1v) is 13.4. The van der Waals surface area contributed by atoms with Crippen LogP contribution in [0.3, 0.4) is 0 Å². The second-order valence-corrected chi connectivity index (χ2v) is 11.9. The fourth-order valence-electron chi connectivity index (χ4n) is 4.09. The summed E-state index contributed by atoms with van der Waals surface area (Å²) >= 11 is 5.87. The second kappa shape index (κ2) is 9.67. The van der Waals surface area contributed by atoms with E-state index >= 15 is 0 Å². The molecule has 0 radical (unpaired) electrons. The van der Waals surface area contributed by atoms with Crippen molar-refractivity contribution in [2.45, 2.75) is 38.4 Å². The number of carbonyl (C=O) groups excluding carboxylic acids is 1. The van der Waals surface area contributed by atoms with Gasteiger partial charge >= 0.3 is 6.18 Å². The van der Waals surface area contributed by atoms with Crippen molar-refractivity contribution < 1.29 is 35.9 Å². The molecule has 200 valence electrons. The lowest BCUT2D eigenvalue weighted by atomic mass is 9.95. The van der Waals surface area contributed by atoms with Crippen molar-refractivity contribution in [1.29, 1.82) is 0 Å². The smallest absolute Gasteiger partial charge is 0.422 e. The molecule has 1 aromatic carbocycles. The van der Waals surface area contributed by atoms with Gasteiger partial charge in [0.1, 0.15) is 15.6 Å². The Hall–Kier alpha value is -3.06. The van der Waals surface area contributed by atoms with Crippen molar-refractivity contribution in [2.75, 3.05) is 18.1 Å². The van der Waals surface area contributed by atoms with Crippen molar-refractivity contribution in [2.24, 2.45) is 7.05 Å². The van der Waals surface area contributed by atoms with Crippen molar-refractivity contribution in [3.63, 3.8) is 0 Å². The molecule has 0 atom stereocenters. The number of amides is 1. The van der Waals surface area contributed by atoms with Gasteiger partial charge in [0.05, 0.1) is 27.6 Å². The molecule has 0 aliphatic carbocycles. The molecule has 4 rings (SSSR count). The molecule has 1 amide bonds. The Balaban J connectivity index is 1.61. The Bertz CT molecular complexity index is 1460. The quantitative estimate of drug-likeness (QED) is 0.476. The molecule has 1 aliphatic heterocycles. The Kier molecular flexibility index (Phi) is 7.06. The molecule has 14 heteroatoms. The maximum Gasteiger partial charge on any atom is 0.422 e. The van der Waals surface area contributed by atoms with Crippen LogP contribution in [0.2, 0.25) is 5.02 Å². The molecule has 1 saturated heterocycles. The molecule has 9 nitrogen and oxygen atoms in total. The van der Waals surface area contributed by atoms with Gasteiger partial charge in [0.25, 0.3) is 11.8 Å². The average Bonchev–Trinajstić information content (AvgIpc) is 3.14. The molecule has 2 aromatic heterocycles. The molecule has 37 heavy (non-hydrogen) atoms. The number of nitrogens with zero attached hydrogens (tertiary/aromatic N) is 3. The van der Waals surface area contributed by atoms with Gasteiger partial charge < -0.3 is 19.4 Å². The highest BCUT2D eigenvalue weighted by Gasteiger charge is 2.35. The van der Waals surface area contributed by atoms with Gasteiger partial charge in [-0.15, -0.1) is 0 Å². The first-order chi connectivity index (χ1) is 17.2. The summed E-state index contributed by atoms with van der Waals surface area (Å²) in [4.78, 5) is 21.5. The van der Waals surface area contributed by atoms with E-state index in [1.54, 1.807) is 37.6 Å². The molecule has 3 aromatic rings. The molecule has 0 saturated carbocycles. The number of hydrogen-bond donors (Lipinski definition) is 1. The molecule has 0 spiro atoms. The summed E-state index contributed by atoms with van der Waals surface area (Å²) in [6, 6.07) is 4.34. The van der Waals surface area contributed by atoms with Gasteiger partial charge in [-0.05, 0) is 38.8 Å². The minimum Gasteiger partial charge on any atom is -0.478 e. The Labute approximate surface area is 215 Å². The maximum atomic E-state index is 13.1. The van der Waals surface area contributed by atoms with Crippen LogP contribution in [0.4, 0.5) is 13.2 Å². The second-order valence-electron chi connectivity index (χ2n) is 9.18. The lowest BCUT2D eigenvalue weighted by Crippen LogP contribution is -2.51. The van der Waals surface area contributed by atoms with Gasteiger partial charge in [-0.1, -0.05) is 11.6 Å². The Morgan fingerprint density at radius 3 is 2.57 bits per heavy atom. The highest BCUT2D eigenvalue weighted by atomic mass is 35.5. The van der Waals surface area contributed by atoms with Crippen LogP contribution >= 0.6 is 11.6 Å². The van der Waals surface area contributed by atoms with Gasteiger partial charge in [0, 0.05) is 30.4 Å². The fraction of sp³-hybridized carbons (Fsp3) is 0.435. The third-order valence-electron chi connectivity index (χ3n) is 6.17.